The van der Waals surface area contributed by atoms with Crippen LogP contribution in [0, 0.1) is 10.1 Å². The lowest BCUT2D eigenvalue weighted by molar-refractivity contribution is -0.385. The Morgan fingerprint density at radius 3 is 2.55 bits per heavy atom. The molecule has 146 valence electrons. The first kappa shape index (κ1) is 20.2. The van der Waals surface area contributed by atoms with Gasteiger partial charge in [-0.3, -0.25) is 14.9 Å². The summed E-state index contributed by atoms with van der Waals surface area (Å²) >= 11 is 3.45. The predicted molar refractivity (Wildman–Crippen MR) is 113 cm³/mol. The zero-order valence-electron chi connectivity index (χ0n) is 15.1. The van der Waals surface area contributed by atoms with Crippen molar-refractivity contribution in [1.29, 1.82) is 0 Å². The first-order valence-corrected chi connectivity index (χ1v) is 9.37. The fourth-order valence-electron chi connectivity index (χ4n) is 2.50. The first-order chi connectivity index (χ1) is 14.0. The minimum absolute atomic E-state index is 0.0551. The number of amides is 1. The molecule has 29 heavy (non-hydrogen) atoms. The van der Waals surface area contributed by atoms with Gasteiger partial charge in [0.05, 0.1) is 15.6 Å². The van der Waals surface area contributed by atoms with Crippen molar-refractivity contribution < 1.29 is 14.5 Å². The first-order valence-electron chi connectivity index (χ1n) is 8.57. The number of nitro groups is 1. The fourth-order valence-corrected chi connectivity index (χ4v) is 3.01. The number of benzene rings is 3. The van der Waals surface area contributed by atoms with Gasteiger partial charge in [-0.05, 0) is 51.3 Å². The van der Waals surface area contributed by atoms with Gasteiger partial charge >= 0.3 is 0 Å². The normalized spacial score (nSPS) is 10.7. The van der Waals surface area contributed by atoms with Gasteiger partial charge in [-0.15, -0.1) is 0 Å². The Labute approximate surface area is 175 Å². The molecule has 3 rings (SSSR count). The Hall–Kier alpha value is -3.52. The van der Waals surface area contributed by atoms with E-state index in [1.807, 2.05) is 30.3 Å². The number of hydrogen-bond acceptors (Lipinski definition) is 5. The minimum Gasteiger partial charge on any atom is -0.488 e. The molecule has 0 fully saturated rings. The topological polar surface area (TPSA) is 93.8 Å². The summed E-state index contributed by atoms with van der Waals surface area (Å²) < 4.78 is 6.53. The number of ether oxygens (including phenoxy) is 1. The van der Waals surface area contributed by atoms with E-state index in [2.05, 4.69) is 26.5 Å². The van der Waals surface area contributed by atoms with Gasteiger partial charge in [0, 0.05) is 6.07 Å². The molecule has 0 unspecified atom stereocenters. The van der Waals surface area contributed by atoms with E-state index in [1.54, 1.807) is 24.3 Å². The summed E-state index contributed by atoms with van der Waals surface area (Å²) in [6.45, 7) is 0.443. The van der Waals surface area contributed by atoms with E-state index in [-0.39, 0.29) is 11.3 Å². The molecule has 0 heterocycles. The van der Waals surface area contributed by atoms with Gasteiger partial charge in [0.2, 0.25) is 0 Å². The molecular weight excluding hydrogens is 438 g/mol. The van der Waals surface area contributed by atoms with Crippen molar-refractivity contribution in [2.24, 2.45) is 5.10 Å². The Bertz CT molecular complexity index is 1050. The summed E-state index contributed by atoms with van der Waals surface area (Å²) in [7, 11) is 0. The van der Waals surface area contributed by atoms with Crippen LogP contribution in [0.15, 0.2) is 82.4 Å². The largest absolute Gasteiger partial charge is 0.488 e. The molecule has 0 radical (unpaired) electrons. The van der Waals surface area contributed by atoms with Gasteiger partial charge in [0.15, 0.2) is 0 Å². The maximum Gasteiger partial charge on any atom is 0.282 e. The molecule has 7 nitrogen and oxygen atoms in total. The summed E-state index contributed by atoms with van der Waals surface area (Å²) in [6.07, 6.45) is 1.44. The molecule has 0 aliphatic heterocycles. The highest BCUT2D eigenvalue weighted by Gasteiger charge is 2.18. The highest BCUT2D eigenvalue weighted by atomic mass is 79.9. The number of nitro benzene ring substituents is 1. The van der Waals surface area contributed by atoms with Gasteiger partial charge in [-0.25, -0.2) is 5.43 Å². The number of nitrogens with zero attached hydrogens (tertiary/aromatic N) is 2. The number of hydrogen-bond donors (Lipinski definition) is 1. The van der Waals surface area contributed by atoms with Crippen LogP contribution < -0.4 is 10.2 Å². The number of carbonyl (C=O) groups is 1. The number of carbonyl (C=O) groups excluding carboxylic acids is 1. The molecule has 0 bridgehead atoms. The Kier molecular flexibility index (Phi) is 6.70. The van der Waals surface area contributed by atoms with Crippen molar-refractivity contribution >= 4 is 33.7 Å². The van der Waals surface area contributed by atoms with Gasteiger partial charge in [0.1, 0.15) is 17.9 Å². The Morgan fingerprint density at radius 2 is 1.83 bits per heavy atom. The average molecular weight is 454 g/mol. The smallest absolute Gasteiger partial charge is 0.282 e. The molecule has 0 aromatic heterocycles. The van der Waals surface area contributed by atoms with E-state index >= 15 is 0 Å². The molecule has 1 N–H and O–H groups in total. The number of halogens is 1. The van der Waals surface area contributed by atoms with Gasteiger partial charge in [0.25, 0.3) is 11.6 Å². The van der Waals surface area contributed by atoms with Gasteiger partial charge in [-0.1, -0.05) is 42.5 Å². The van der Waals surface area contributed by atoms with Crippen molar-refractivity contribution in [3.8, 4) is 5.75 Å². The van der Waals surface area contributed by atoms with Crippen LogP contribution in [0.5, 0.6) is 5.75 Å². The molecule has 0 spiro atoms. The van der Waals surface area contributed by atoms with E-state index in [1.165, 1.54) is 24.4 Å². The monoisotopic (exact) mass is 453 g/mol. The predicted octanol–water partition coefficient (Wildman–Crippen LogP) is 4.70. The van der Waals surface area contributed by atoms with Crippen LogP contribution in [0.4, 0.5) is 5.69 Å². The average Bonchev–Trinajstić information content (AvgIpc) is 2.73. The van der Waals surface area contributed by atoms with E-state index in [4.69, 9.17) is 4.74 Å². The second kappa shape index (κ2) is 9.61. The van der Waals surface area contributed by atoms with Crippen LogP contribution in [-0.4, -0.2) is 17.0 Å². The molecule has 3 aromatic carbocycles. The van der Waals surface area contributed by atoms with Crippen LogP contribution >= 0.6 is 15.9 Å². The van der Waals surface area contributed by atoms with Crippen molar-refractivity contribution in [3.63, 3.8) is 0 Å². The van der Waals surface area contributed by atoms with Crippen molar-refractivity contribution in [3.05, 3.63) is 104 Å². The summed E-state index contributed by atoms with van der Waals surface area (Å²) in [5.74, 6) is 0.0189. The third-order valence-corrected chi connectivity index (χ3v) is 4.54. The molecule has 0 atom stereocenters. The number of hydrazone groups is 1. The second-order valence-corrected chi connectivity index (χ2v) is 6.79. The van der Waals surface area contributed by atoms with Crippen molar-refractivity contribution in [2.45, 2.75) is 6.61 Å². The molecule has 3 aromatic rings. The molecule has 8 heteroatoms. The Balaban J connectivity index is 1.62. The lowest BCUT2D eigenvalue weighted by atomic mass is 10.2. The molecule has 0 aliphatic rings. The zero-order valence-corrected chi connectivity index (χ0v) is 16.7. The highest BCUT2D eigenvalue weighted by molar-refractivity contribution is 9.10. The number of rotatable bonds is 7. The van der Waals surface area contributed by atoms with E-state index in [0.29, 0.717) is 17.9 Å². The van der Waals surface area contributed by atoms with Gasteiger partial charge < -0.3 is 4.74 Å². The van der Waals surface area contributed by atoms with E-state index in [0.717, 1.165) is 10.0 Å². The highest BCUT2D eigenvalue weighted by Crippen LogP contribution is 2.26. The van der Waals surface area contributed by atoms with E-state index in [9.17, 15) is 14.9 Å². The summed E-state index contributed by atoms with van der Waals surface area (Å²) in [6, 6.07) is 20.9. The molecule has 0 aliphatic carbocycles. The fraction of sp³-hybridized carbons (Fsp3) is 0.0476. The zero-order chi connectivity index (χ0) is 20.6. The van der Waals surface area contributed by atoms with Crippen LogP contribution in [0.2, 0.25) is 0 Å². The SMILES string of the molecule is O=C(N/N=C\c1ccc(OCc2ccccc2)c(Br)c1)c1ccccc1[N+](=O)[O-]. The molecule has 0 saturated heterocycles. The number of para-hydroxylation sites is 1. The second-order valence-electron chi connectivity index (χ2n) is 5.94. The maximum atomic E-state index is 12.1. The van der Waals surface area contributed by atoms with Crippen LogP contribution in [0.1, 0.15) is 21.5 Å². The Morgan fingerprint density at radius 1 is 1.10 bits per heavy atom. The third kappa shape index (κ3) is 5.49. The standard InChI is InChI=1S/C21H16BrN3O4/c22-18-12-16(10-11-20(18)29-14-15-6-2-1-3-7-15)13-23-24-21(26)17-8-4-5-9-19(17)25(27)28/h1-13H,14H2,(H,24,26)/b23-13-. The summed E-state index contributed by atoms with van der Waals surface area (Å²) in [4.78, 5) is 22.5. The van der Waals surface area contributed by atoms with E-state index < -0.39 is 10.8 Å². The molecule has 1 amide bonds. The van der Waals surface area contributed by atoms with Crippen molar-refractivity contribution in [2.75, 3.05) is 0 Å². The lowest BCUT2D eigenvalue weighted by Gasteiger charge is -2.08. The molecule has 0 saturated carbocycles. The molecular formula is C21H16BrN3O4. The third-order valence-electron chi connectivity index (χ3n) is 3.92. The summed E-state index contributed by atoms with van der Waals surface area (Å²) in [5, 5.41) is 14.9. The lowest BCUT2D eigenvalue weighted by Crippen LogP contribution is -2.18. The summed E-state index contributed by atoms with van der Waals surface area (Å²) in [5.41, 5.74) is 3.75. The van der Waals surface area contributed by atoms with Crippen LogP contribution in [-0.2, 0) is 6.61 Å². The number of nitrogens with one attached hydrogen (secondary N) is 1. The van der Waals surface area contributed by atoms with Crippen LogP contribution in [0.3, 0.4) is 0 Å². The quantitative estimate of drug-likeness (QED) is 0.318. The van der Waals surface area contributed by atoms with Gasteiger partial charge in [-0.2, -0.15) is 5.10 Å². The van der Waals surface area contributed by atoms with Crippen LogP contribution in [0.25, 0.3) is 0 Å². The maximum absolute atomic E-state index is 12.1. The minimum atomic E-state index is -0.657. The van der Waals surface area contributed by atoms with Crippen molar-refractivity contribution in [1.82, 2.24) is 5.43 Å².